The molecule has 0 saturated carbocycles. The fourth-order valence-corrected chi connectivity index (χ4v) is 2.63. The summed E-state index contributed by atoms with van der Waals surface area (Å²) < 4.78 is 8.00. The monoisotopic (exact) mass is 274 g/mol. The average Bonchev–Trinajstić information content (AvgIpc) is 2.92. The highest BCUT2D eigenvalue weighted by Crippen LogP contribution is 2.43. The van der Waals surface area contributed by atoms with Gasteiger partial charge in [-0.1, -0.05) is 36.4 Å². The number of hydrogen-bond acceptors (Lipinski definition) is 2. The van der Waals surface area contributed by atoms with Crippen LogP contribution in [-0.2, 0) is 7.05 Å². The van der Waals surface area contributed by atoms with Crippen LogP contribution in [0.25, 0.3) is 11.6 Å². The van der Waals surface area contributed by atoms with E-state index < -0.39 is 0 Å². The molecular formula is C18H14N2O. The Morgan fingerprint density at radius 2 is 1.57 bits per heavy atom. The first-order chi connectivity index (χ1) is 10.3. The number of rotatable bonds is 1. The fraction of sp³-hybridized carbons (Fsp3) is 0.0556. The van der Waals surface area contributed by atoms with E-state index in [1.807, 2.05) is 60.5 Å². The van der Waals surface area contributed by atoms with Crippen LogP contribution >= 0.6 is 0 Å². The van der Waals surface area contributed by atoms with Crippen LogP contribution in [0.5, 0.6) is 11.5 Å². The van der Waals surface area contributed by atoms with Gasteiger partial charge in [0, 0.05) is 18.2 Å². The maximum absolute atomic E-state index is 5.99. The maximum Gasteiger partial charge on any atom is 0.135 e. The van der Waals surface area contributed by atoms with Gasteiger partial charge in [-0.3, -0.25) is 0 Å². The summed E-state index contributed by atoms with van der Waals surface area (Å²) in [5.74, 6) is 1.79. The first-order valence-corrected chi connectivity index (χ1v) is 6.87. The van der Waals surface area contributed by atoms with Crippen molar-refractivity contribution in [2.75, 3.05) is 0 Å². The van der Waals surface area contributed by atoms with Gasteiger partial charge in [0.2, 0.25) is 0 Å². The maximum atomic E-state index is 5.99. The third kappa shape index (κ3) is 1.94. The zero-order chi connectivity index (χ0) is 14.2. The van der Waals surface area contributed by atoms with Gasteiger partial charge >= 0.3 is 0 Å². The second-order valence-electron chi connectivity index (χ2n) is 5.08. The number of benzene rings is 2. The number of aryl methyl sites for hydroxylation is 1. The molecule has 2 heterocycles. The predicted octanol–water partition coefficient (Wildman–Crippen LogP) is 4.11. The molecule has 102 valence electrons. The van der Waals surface area contributed by atoms with Gasteiger partial charge in [-0.15, -0.1) is 0 Å². The number of hydrogen-bond donors (Lipinski definition) is 0. The fourth-order valence-electron chi connectivity index (χ4n) is 2.63. The van der Waals surface area contributed by atoms with Gasteiger partial charge in [-0.25, -0.2) is 4.98 Å². The zero-order valence-corrected chi connectivity index (χ0v) is 11.7. The third-order valence-electron chi connectivity index (χ3n) is 3.72. The van der Waals surface area contributed by atoms with Gasteiger partial charge in [0.1, 0.15) is 11.5 Å². The Hall–Kier alpha value is -2.81. The smallest absolute Gasteiger partial charge is 0.135 e. The minimum absolute atomic E-state index is 0.893. The molecule has 1 aromatic heterocycles. The largest absolute Gasteiger partial charge is 0.456 e. The second-order valence-corrected chi connectivity index (χ2v) is 5.08. The molecule has 0 radical (unpaired) electrons. The molecule has 0 fully saturated rings. The molecular weight excluding hydrogens is 260 g/mol. The topological polar surface area (TPSA) is 27.1 Å². The van der Waals surface area contributed by atoms with Gasteiger partial charge < -0.3 is 9.30 Å². The van der Waals surface area contributed by atoms with Crippen LogP contribution in [-0.4, -0.2) is 9.55 Å². The SMILES string of the molecule is Cn1cncc1C=C1c2ccccc2Oc2ccccc21. The molecule has 0 amide bonds. The van der Waals surface area contributed by atoms with Gasteiger partial charge in [-0.05, 0) is 23.8 Å². The highest BCUT2D eigenvalue weighted by atomic mass is 16.5. The van der Waals surface area contributed by atoms with Crippen molar-refractivity contribution >= 4 is 11.6 Å². The molecule has 3 nitrogen and oxygen atoms in total. The molecule has 21 heavy (non-hydrogen) atoms. The van der Waals surface area contributed by atoms with Crippen LogP contribution in [0.2, 0.25) is 0 Å². The number of fused-ring (bicyclic) bond motifs is 2. The number of para-hydroxylation sites is 2. The van der Waals surface area contributed by atoms with Crippen molar-refractivity contribution in [3.8, 4) is 11.5 Å². The summed E-state index contributed by atoms with van der Waals surface area (Å²) in [6.07, 6.45) is 5.84. The zero-order valence-electron chi connectivity index (χ0n) is 11.7. The van der Waals surface area contributed by atoms with Crippen LogP contribution < -0.4 is 4.74 Å². The molecule has 0 atom stereocenters. The lowest BCUT2D eigenvalue weighted by Gasteiger charge is -2.22. The summed E-state index contributed by atoms with van der Waals surface area (Å²) in [5, 5.41) is 0. The standard InChI is InChI=1S/C18H14N2O/c1-20-12-19-11-13(20)10-16-14-6-2-4-8-17(14)21-18-9-5-3-7-15(16)18/h2-12H,1H3. The van der Waals surface area contributed by atoms with E-state index in [0.29, 0.717) is 0 Å². The molecule has 0 bridgehead atoms. The Labute approximate surface area is 123 Å². The van der Waals surface area contributed by atoms with Crippen LogP contribution in [0.1, 0.15) is 16.8 Å². The number of nitrogens with zero attached hydrogens (tertiary/aromatic N) is 2. The lowest BCUT2D eigenvalue weighted by Crippen LogP contribution is -2.02. The molecule has 2 aromatic carbocycles. The van der Waals surface area contributed by atoms with E-state index in [4.69, 9.17) is 4.74 Å². The van der Waals surface area contributed by atoms with Crippen molar-refractivity contribution in [3.05, 3.63) is 77.9 Å². The first-order valence-electron chi connectivity index (χ1n) is 6.87. The third-order valence-corrected chi connectivity index (χ3v) is 3.72. The molecule has 4 rings (SSSR count). The van der Waals surface area contributed by atoms with Crippen molar-refractivity contribution < 1.29 is 4.74 Å². The summed E-state index contributed by atoms with van der Waals surface area (Å²) in [4.78, 5) is 4.19. The highest BCUT2D eigenvalue weighted by Gasteiger charge is 2.21. The molecule has 3 aromatic rings. The molecule has 0 spiro atoms. The lowest BCUT2D eigenvalue weighted by molar-refractivity contribution is 0.474. The van der Waals surface area contributed by atoms with Crippen molar-refractivity contribution in [1.29, 1.82) is 0 Å². The Kier molecular flexibility index (Phi) is 2.64. The normalized spacial score (nSPS) is 12.3. The lowest BCUT2D eigenvalue weighted by atomic mass is 9.93. The van der Waals surface area contributed by atoms with E-state index >= 15 is 0 Å². The van der Waals surface area contributed by atoms with Crippen molar-refractivity contribution in [3.63, 3.8) is 0 Å². The van der Waals surface area contributed by atoms with Crippen LogP contribution in [0.4, 0.5) is 0 Å². The molecule has 0 aliphatic carbocycles. The summed E-state index contributed by atoms with van der Waals surface area (Å²) in [6, 6.07) is 16.2. The van der Waals surface area contributed by atoms with Crippen molar-refractivity contribution in [2.24, 2.45) is 7.05 Å². The summed E-state index contributed by atoms with van der Waals surface area (Å²) >= 11 is 0. The minimum atomic E-state index is 0.893. The Morgan fingerprint density at radius 3 is 2.14 bits per heavy atom. The quantitative estimate of drug-likeness (QED) is 0.522. The minimum Gasteiger partial charge on any atom is -0.456 e. The van der Waals surface area contributed by atoms with Gasteiger partial charge in [0.25, 0.3) is 0 Å². The Bertz CT molecular complexity index is 798. The van der Waals surface area contributed by atoms with Gasteiger partial charge in [-0.2, -0.15) is 0 Å². The van der Waals surface area contributed by atoms with Crippen molar-refractivity contribution in [1.82, 2.24) is 9.55 Å². The molecule has 0 saturated heterocycles. The molecule has 1 aliphatic rings. The molecule has 3 heteroatoms. The summed E-state index contributed by atoms with van der Waals surface area (Å²) in [6.45, 7) is 0. The highest BCUT2D eigenvalue weighted by molar-refractivity contribution is 5.96. The van der Waals surface area contributed by atoms with E-state index in [2.05, 4.69) is 23.2 Å². The Morgan fingerprint density at radius 1 is 0.952 bits per heavy atom. The molecule has 1 aliphatic heterocycles. The first kappa shape index (κ1) is 12.0. The summed E-state index contributed by atoms with van der Waals surface area (Å²) in [7, 11) is 2.00. The van der Waals surface area contributed by atoms with Gasteiger partial charge in [0.15, 0.2) is 0 Å². The average molecular weight is 274 g/mol. The number of ether oxygens (including phenoxy) is 1. The van der Waals surface area contributed by atoms with E-state index in [-0.39, 0.29) is 0 Å². The number of aromatic nitrogens is 2. The van der Waals surface area contributed by atoms with Crippen LogP contribution in [0.15, 0.2) is 61.1 Å². The van der Waals surface area contributed by atoms with Crippen LogP contribution in [0, 0.1) is 0 Å². The van der Waals surface area contributed by atoms with E-state index in [0.717, 1.165) is 33.9 Å². The van der Waals surface area contributed by atoms with Gasteiger partial charge in [0.05, 0.1) is 18.2 Å². The molecule has 0 N–H and O–H groups in total. The number of imidazole rings is 1. The second kappa shape index (κ2) is 4.63. The van der Waals surface area contributed by atoms with E-state index in [1.54, 1.807) is 0 Å². The van der Waals surface area contributed by atoms with Crippen LogP contribution in [0.3, 0.4) is 0 Å². The molecule has 0 unspecified atom stereocenters. The Balaban J connectivity index is 1.98. The van der Waals surface area contributed by atoms with E-state index in [1.165, 1.54) is 0 Å². The van der Waals surface area contributed by atoms with E-state index in [9.17, 15) is 0 Å². The summed E-state index contributed by atoms with van der Waals surface area (Å²) in [5.41, 5.74) is 4.45. The predicted molar refractivity (Wildman–Crippen MR) is 83.1 cm³/mol. The van der Waals surface area contributed by atoms with Crippen molar-refractivity contribution in [2.45, 2.75) is 0 Å².